The van der Waals surface area contributed by atoms with Crippen LogP contribution < -0.4 is 0 Å². The second kappa shape index (κ2) is 3.62. The van der Waals surface area contributed by atoms with Gasteiger partial charge in [0.25, 0.3) is 0 Å². The van der Waals surface area contributed by atoms with Crippen molar-refractivity contribution in [2.75, 3.05) is 0 Å². The maximum atomic E-state index is 12.9. The molecule has 1 aromatic carbocycles. The highest BCUT2D eigenvalue weighted by Crippen LogP contribution is 2.32. The molecule has 80 valence electrons. The SMILES string of the molecule is O=C(O)C1c2ccc(F)cc2CCC1O. The fourth-order valence-corrected chi connectivity index (χ4v) is 2.07. The summed E-state index contributed by atoms with van der Waals surface area (Å²) in [6, 6.07) is 4.02. The van der Waals surface area contributed by atoms with E-state index >= 15 is 0 Å². The number of carboxylic acids is 1. The monoisotopic (exact) mass is 210 g/mol. The zero-order chi connectivity index (χ0) is 11.0. The average Bonchev–Trinajstić information content (AvgIpc) is 2.17. The summed E-state index contributed by atoms with van der Waals surface area (Å²) in [5.41, 5.74) is 1.22. The topological polar surface area (TPSA) is 57.5 Å². The summed E-state index contributed by atoms with van der Waals surface area (Å²) in [4.78, 5) is 11.0. The van der Waals surface area contributed by atoms with Crippen molar-refractivity contribution in [3.05, 3.63) is 35.1 Å². The van der Waals surface area contributed by atoms with Crippen LogP contribution in [0.3, 0.4) is 0 Å². The molecule has 0 saturated heterocycles. The van der Waals surface area contributed by atoms with Gasteiger partial charge in [0.15, 0.2) is 0 Å². The summed E-state index contributed by atoms with van der Waals surface area (Å²) in [7, 11) is 0. The fourth-order valence-electron chi connectivity index (χ4n) is 2.07. The highest BCUT2D eigenvalue weighted by atomic mass is 19.1. The molecule has 2 rings (SSSR count). The van der Waals surface area contributed by atoms with Gasteiger partial charge in [0.05, 0.1) is 6.10 Å². The van der Waals surface area contributed by atoms with Crippen LogP contribution in [0.25, 0.3) is 0 Å². The van der Waals surface area contributed by atoms with E-state index in [2.05, 4.69) is 0 Å². The predicted molar refractivity (Wildman–Crippen MR) is 51.1 cm³/mol. The Hall–Kier alpha value is -1.42. The van der Waals surface area contributed by atoms with Crippen LogP contribution in [-0.4, -0.2) is 22.3 Å². The Morgan fingerprint density at radius 1 is 1.47 bits per heavy atom. The van der Waals surface area contributed by atoms with Gasteiger partial charge in [-0.25, -0.2) is 4.39 Å². The lowest BCUT2D eigenvalue weighted by atomic mass is 9.81. The number of aliphatic hydroxyl groups is 1. The molecule has 1 aliphatic rings. The Bertz CT molecular complexity index is 403. The summed E-state index contributed by atoms with van der Waals surface area (Å²) in [5, 5.41) is 18.6. The van der Waals surface area contributed by atoms with Gasteiger partial charge in [0, 0.05) is 0 Å². The van der Waals surface area contributed by atoms with Crippen LogP contribution in [-0.2, 0) is 11.2 Å². The van der Waals surface area contributed by atoms with E-state index in [0.29, 0.717) is 24.0 Å². The van der Waals surface area contributed by atoms with Crippen molar-refractivity contribution in [2.24, 2.45) is 0 Å². The minimum atomic E-state index is -1.06. The van der Waals surface area contributed by atoms with Crippen molar-refractivity contribution < 1.29 is 19.4 Å². The summed E-state index contributed by atoms with van der Waals surface area (Å²) in [5.74, 6) is -2.35. The van der Waals surface area contributed by atoms with Crippen molar-refractivity contribution >= 4 is 5.97 Å². The molecule has 0 radical (unpaired) electrons. The first-order valence-corrected chi connectivity index (χ1v) is 4.79. The zero-order valence-corrected chi connectivity index (χ0v) is 7.98. The van der Waals surface area contributed by atoms with Gasteiger partial charge in [-0.15, -0.1) is 0 Å². The Kier molecular flexibility index (Phi) is 2.44. The summed E-state index contributed by atoms with van der Waals surface area (Å²) >= 11 is 0. The van der Waals surface area contributed by atoms with Crippen LogP contribution in [0.15, 0.2) is 18.2 Å². The third-order valence-corrected chi connectivity index (χ3v) is 2.80. The molecule has 1 aromatic rings. The van der Waals surface area contributed by atoms with Gasteiger partial charge >= 0.3 is 5.97 Å². The van der Waals surface area contributed by atoms with Crippen molar-refractivity contribution in [1.29, 1.82) is 0 Å². The number of halogens is 1. The molecule has 0 amide bonds. The molecule has 4 heteroatoms. The number of hydrogen-bond acceptors (Lipinski definition) is 2. The van der Waals surface area contributed by atoms with E-state index in [-0.39, 0.29) is 5.82 Å². The van der Waals surface area contributed by atoms with Gasteiger partial charge in [-0.1, -0.05) is 6.07 Å². The van der Waals surface area contributed by atoms with E-state index in [9.17, 15) is 14.3 Å². The number of carboxylic acid groups (broad SMARTS) is 1. The lowest BCUT2D eigenvalue weighted by molar-refractivity contribution is -0.142. The van der Waals surface area contributed by atoms with E-state index < -0.39 is 18.0 Å². The van der Waals surface area contributed by atoms with Gasteiger partial charge in [0.1, 0.15) is 11.7 Å². The quantitative estimate of drug-likeness (QED) is 0.734. The normalized spacial score (nSPS) is 24.7. The van der Waals surface area contributed by atoms with Gasteiger partial charge < -0.3 is 10.2 Å². The summed E-state index contributed by atoms with van der Waals surface area (Å²) < 4.78 is 12.9. The van der Waals surface area contributed by atoms with Crippen molar-refractivity contribution in [3.63, 3.8) is 0 Å². The molecule has 3 nitrogen and oxygen atoms in total. The molecule has 0 bridgehead atoms. The van der Waals surface area contributed by atoms with Gasteiger partial charge in [-0.2, -0.15) is 0 Å². The van der Waals surface area contributed by atoms with Crippen molar-refractivity contribution in [2.45, 2.75) is 24.9 Å². The van der Waals surface area contributed by atoms with Crippen LogP contribution in [0.5, 0.6) is 0 Å². The van der Waals surface area contributed by atoms with Crippen molar-refractivity contribution in [3.8, 4) is 0 Å². The molecule has 0 saturated carbocycles. The largest absolute Gasteiger partial charge is 0.481 e. The van der Waals surface area contributed by atoms with E-state index in [1.165, 1.54) is 18.2 Å². The minimum Gasteiger partial charge on any atom is -0.481 e. The summed E-state index contributed by atoms with van der Waals surface area (Å²) in [6.07, 6.45) is 0.0197. The Morgan fingerprint density at radius 2 is 2.20 bits per heavy atom. The molecule has 0 heterocycles. The van der Waals surface area contributed by atoms with Gasteiger partial charge in [0.2, 0.25) is 0 Å². The highest BCUT2D eigenvalue weighted by Gasteiger charge is 2.33. The molecule has 0 spiro atoms. The van der Waals surface area contributed by atoms with E-state index in [1.807, 2.05) is 0 Å². The fraction of sp³-hybridized carbons (Fsp3) is 0.364. The second-order valence-electron chi connectivity index (χ2n) is 3.77. The summed E-state index contributed by atoms with van der Waals surface area (Å²) in [6.45, 7) is 0. The Balaban J connectivity index is 2.48. The maximum Gasteiger partial charge on any atom is 0.313 e. The molecular formula is C11H11FO3. The highest BCUT2D eigenvalue weighted by molar-refractivity contribution is 5.78. The third kappa shape index (κ3) is 1.72. The first-order valence-electron chi connectivity index (χ1n) is 4.79. The Labute approximate surface area is 86.2 Å². The first kappa shape index (κ1) is 10.1. The standard InChI is InChI=1S/C11H11FO3/c12-7-2-3-8-6(5-7)1-4-9(13)10(8)11(14)15/h2-3,5,9-10,13H,1,4H2,(H,14,15). The minimum absolute atomic E-state index is 0.366. The number of hydrogen-bond donors (Lipinski definition) is 2. The van der Waals surface area contributed by atoms with Crippen LogP contribution >= 0.6 is 0 Å². The molecule has 2 atom stereocenters. The van der Waals surface area contributed by atoms with Crippen LogP contribution in [0.4, 0.5) is 4.39 Å². The van der Waals surface area contributed by atoms with Crippen LogP contribution in [0, 0.1) is 5.82 Å². The zero-order valence-electron chi connectivity index (χ0n) is 7.98. The van der Waals surface area contributed by atoms with Crippen LogP contribution in [0.1, 0.15) is 23.5 Å². The Morgan fingerprint density at radius 3 is 2.87 bits per heavy atom. The number of aliphatic carboxylic acids is 1. The van der Waals surface area contributed by atoms with E-state index in [0.717, 1.165) is 0 Å². The second-order valence-corrected chi connectivity index (χ2v) is 3.77. The number of aryl methyl sites for hydroxylation is 1. The number of benzene rings is 1. The average molecular weight is 210 g/mol. The smallest absolute Gasteiger partial charge is 0.313 e. The first-order chi connectivity index (χ1) is 7.09. The molecule has 0 aliphatic heterocycles. The molecular weight excluding hydrogens is 199 g/mol. The third-order valence-electron chi connectivity index (χ3n) is 2.80. The van der Waals surface area contributed by atoms with Gasteiger partial charge in [-0.05, 0) is 36.1 Å². The number of carbonyl (C=O) groups is 1. The van der Waals surface area contributed by atoms with Crippen LogP contribution in [0.2, 0.25) is 0 Å². The predicted octanol–water partition coefficient (Wildman–Crippen LogP) is 1.30. The molecule has 0 fully saturated rings. The van der Waals surface area contributed by atoms with Crippen molar-refractivity contribution in [1.82, 2.24) is 0 Å². The number of rotatable bonds is 1. The lowest BCUT2D eigenvalue weighted by Gasteiger charge is -2.27. The maximum absolute atomic E-state index is 12.9. The number of aliphatic hydroxyl groups excluding tert-OH is 1. The molecule has 2 N–H and O–H groups in total. The molecule has 1 aliphatic carbocycles. The van der Waals surface area contributed by atoms with Gasteiger partial charge in [-0.3, -0.25) is 4.79 Å². The van der Waals surface area contributed by atoms with E-state index in [1.54, 1.807) is 0 Å². The molecule has 0 aromatic heterocycles. The molecule has 2 unspecified atom stereocenters. The van der Waals surface area contributed by atoms with E-state index in [4.69, 9.17) is 5.11 Å². The molecule has 15 heavy (non-hydrogen) atoms. The number of fused-ring (bicyclic) bond motifs is 1. The lowest BCUT2D eigenvalue weighted by Crippen LogP contribution is -2.31.